The lowest BCUT2D eigenvalue weighted by Gasteiger charge is -2.17. The molecule has 0 bridgehead atoms. The maximum absolute atomic E-state index is 13.3. The van der Waals surface area contributed by atoms with Crippen LogP contribution in [0.2, 0.25) is 0 Å². The van der Waals surface area contributed by atoms with Crippen LogP contribution in [0.25, 0.3) is 11.4 Å². The molecule has 6 nitrogen and oxygen atoms in total. The van der Waals surface area contributed by atoms with E-state index in [1.807, 2.05) is 86.0 Å². The van der Waals surface area contributed by atoms with E-state index in [4.69, 9.17) is 4.42 Å². The number of nitrogens with zero attached hydrogens (tertiary/aromatic N) is 3. The molecule has 0 aliphatic carbocycles. The van der Waals surface area contributed by atoms with Gasteiger partial charge in [-0.1, -0.05) is 59.8 Å². The summed E-state index contributed by atoms with van der Waals surface area (Å²) in [5.74, 6) is 1.42. The Morgan fingerprint density at radius 2 is 1.81 bits per heavy atom. The molecule has 0 unspecified atom stereocenters. The number of benzene rings is 2. The first-order valence-corrected chi connectivity index (χ1v) is 11.0. The van der Waals surface area contributed by atoms with Crippen molar-refractivity contribution in [2.24, 2.45) is 0 Å². The minimum Gasteiger partial charge on any atom is -0.469 e. The molecule has 0 saturated carbocycles. The van der Waals surface area contributed by atoms with Crippen LogP contribution in [0.4, 0.5) is 5.69 Å². The van der Waals surface area contributed by atoms with Gasteiger partial charge in [-0.15, -0.1) is 10.2 Å². The lowest BCUT2D eigenvalue weighted by Crippen LogP contribution is -2.19. The summed E-state index contributed by atoms with van der Waals surface area (Å²) in [5.41, 5.74) is 3.72. The second kappa shape index (κ2) is 9.22. The van der Waals surface area contributed by atoms with E-state index < -0.39 is 5.25 Å². The van der Waals surface area contributed by atoms with Gasteiger partial charge in [-0.3, -0.25) is 4.79 Å². The van der Waals surface area contributed by atoms with E-state index in [0.717, 1.165) is 34.0 Å². The van der Waals surface area contributed by atoms with Gasteiger partial charge in [0, 0.05) is 12.2 Å². The summed E-state index contributed by atoms with van der Waals surface area (Å²) in [6, 6.07) is 19.4. The maximum atomic E-state index is 13.3. The van der Waals surface area contributed by atoms with Crippen molar-refractivity contribution in [1.29, 1.82) is 0 Å². The third kappa shape index (κ3) is 4.56. The number of furan rings is 1. The average molecular weight is 433 g/mol. The highest BCUT2D eigenvalue weighted by molar-refractivity contribution is 8.00. The van der Waals surface area contributed by atoms with E-state index in [1.54, 1.807) is 6.26 Å². The number of amides is 1. The number of nitrogens with one attached hydrogen (secondary N) is 1. The van der Waals surface area contributed by atoms with Gasteiger partial charge in [0.05, 0.1) is 11.8 Å². The van der Waals surface area contributed by atoms with Crippen molar-refractivity contribution in [2.75, 3.05) is 5.32 Å². The van der Waals surface area contributed by atoms with Gasteiger partial charge in [0.2, 0.25) is 5.91 Å². The molecule has 7 heteroatoms. The second-order valence-electron chi connectivity index (χ2n) is 7.20. The molecule has 0 saturated heterocycles. The Kier molecular flexibility index (Phi) is 6.23. The Hall–Kier alpha value is -3.32. The normalized spacial score (nSPS) is 12.0. The van der Waals surface area contributed by atoms with Gasteiger partial charge in [-0.25, -0.2) is 0 Å². The van der Waals surface area contributed by atoms with Crippen LogP contribution in [-0.4, -0.2) is 20.7 Å². The van der Waals surface area contributed by atoms with Crippen LogP contribution in [0, 0.1) is 13.8 Å². The van der Waals surface area contributed by atoms with Gasteiger partial charge in [0.15, 0.2) is 11.0 Å². The van der Waals surface area contributed by atoms with Gasteiger partial charge in [0.25, 0.3) is 0 Å². The third-order valence-corrected chi connectivity index (χ3v) is 6.25. The first kappa shape index (κ1) is 20.9. The number of hydrogen-bond donors (Lipinski definition) is 1. The van der Waals surface area contributed by atoms with Crippen LogP contribution in [-0.2, 0) is 11.3 Å². The lowest BCUT2D eigenvalue weighted by molar-refractivity contribution is -0.115. The highest BCUT2D eigenvalue weighted by Gasteiger charge is 2.26. The SMILES string of the molecule is CCn1c(S[C@@H](C(=O)Nc2ccc(C)cc2)c2ccccc2)nnc1-c1ccoc1C. The Labute approximate surface area is 185 Å². The summed E-state index contributed by atoms with van der Waals surface area (Å²) in [7, 11) is 0. The van der Waals surface area contributed by atoms with Crippen LogP contribution in [0.15, 0.2) is 76.5 Å². The zero-order chi connectivity index (χ0) is 21.8. The molecular weight excluding hydrogens is 408 g/mol. The molecule has 1 atom stereocenters. The van der Waals surface area contributed by atoms with E-state index in [2.05, 4.69) is 15.5 Å². The Morgan fingerprint density at radius 1 is 1.06 bits per heavy atom. The van der Waals surface area contributed by atoms with Crippen LogP contribution < -0.4 is 5.32 Å². The molecule has 0 spiro atoms. The fourth-order valence-corrected chi connectivity index (χ4v) is 4.43. The fourth-order valence-electron chi connectivity index (χ4n) is 3.33. The first-order valence-electron chi connectivity index (χ1n) is 10.1. The van der Waals surface area contributed by atoms with E-state index in [1.165, 1.54) is 11.8 Å². The maximum Gasteiger partial charge on any atom is 0.242 e. The van der Waals surface area contributed by atoms with Crippen molar-refractivity contribution >= 4 is 23.4 Å². The van der Waals surface area contributed by atoms with Crippen molar-refractivity contribution in [3.05, 3.63) is 83.8 Å². The highest BCUT2D eigenvalue weighted by Crippen LogP contribution is 2.37. The smallest absolute Gasteiger partial charge is 0.242 e. The van der Waals surface area contributed by atoms with Crippen LogP contribution in [0.3, 0.4) is 0 Å². The van der Waals surface area contributed by atoms with Crippen LogP contribution in [0.1, 0.15) is 29.1 Å². The summed E-state index contributed by atoms with van der Waals surface area (Å²) in [5, 5.41) is 12.0. The number of aryl methyl sites for hydroxylation is 2. The van der Waals surface area contributed by atoms with E-state index in [-0.39, 0.29) is 5.91 Å². The predicted octanol–water partition coefficient (Wildman–Crippen LogP) is 5.65. The average Bonchev–Trinajstić information content (AvgIpc) is 3.39. The number of carbonyl (C=O) groups excluding carboxylic acids is 1. The topological polar surface area (TPSA) is 73.0 Å². The molecule has 1 amide bonds. The monoisotopic (exact) mass is 432 g/mol. The number of anilines is 1. The molecule has 2 aromatic carbocycles. The zero-order valence-electron chi connectivity index (χ0n) is 17.7. The summed E-state index contributed by atoms with van der Waals surface area (Å²) >= 11 is 1.39. The molecule has 2 heterocycles. The second-order valence-corrected chi connectivity index (χ2v) is 8.28. The number of thioether (sulfide) groups is 1. The van der Waals surface area contributed by atoms with E-state index in [9.17, 15) is 4.79 Å². The molecule has 4 aromatic rings. The Morgan fingerprint density at radius 3 is 2.45 bits per heavy atom. The molecule has 31 heavy (non-hydrogen) atoms. The molecule has 0 fully saturated rings. The summed E-state index contributed by atoms with van der Waals surface area (Å²) in [4.78, 5) is 13.3. The van der Waals surface area contributed by atoms with Crippen LogP contribution >= 0.6 is 11.8 Å². The molecule has 0 radical (unpaired) electrons. The summed E-state index contributed by atoms with van der Waals surface area (Å²) in [6.07, 6.45) is 1.65. The fraction of sp³-hybridized carbons (Fsp3) is 0.208. The Bertz CT molecular complexity index is 1170. The van der Waals surface area contributed by atoms with E-state index in [0.29, 0.717) is 11.7 Å². The molecule has 158 valence electrons. The van der Waals surface area contributed by atoms with Crippen molar-refractivity contribution < 1.29 is 9.21 Å². The number of aromatic nitrogens is 3. The van der Waals surface area contributed by atoms with Crippen molar-refractivity contribution in [2.45, 2.75) is 37.7 Å². The first-order chi connectivity index (χ1) is 15.1. The van der Waals surface area contributed by atoms with Gasteiger partial charge in [0.1, 0.15) is 11.0 Å². The van der Waals surface area contributed by atoms with Gasteiger partial charge < -0.3 is 14.3 Å². The molecular formula is C24H24N4O2S. The Balaban J connectivity index is 1.66. The number of rotatable bonds is 7. The van der Waals surface area contributed by atoms with Gasteiger partial charge in [-0.2, -0.15) is 0 Å². The third-order valence-electron chi connectivity index (χ3n) is 5.02. The minimum atomic E-state index is -0.477. The molecule has 2 aromatic heterocycles. The highest BCUT2D eigenvalue weighted by atomic mass is 32.2. The largest absolute Gasteiger partial charge is 0.469 e. The van der Waals surface area contributed by atoms with Crippen molar-refractivity contribution in [3.8, 4) is 11.4 Å². The predicted molar refractivity (Wildman–Crippen MR) is 123 cm³/mol. The molecule has 0 aliphatic heterocycles. The standard InChI is InChI=1S/C24H24N4O2S/c1-4-28-22(20-14-15-30-17(20)3)26-27-24(28)31-21(18-8-6-5-7-9-18)23(29)25-19-12-10-16(2)11-13-19/h5-15,21H,4H2,1-3H3,(H,25,29)/t21-/m1/s1. The lowest BCUT2D eigenvalue weighted by atomic mass is 10.1. The molecule has 0 aliphatic rings. The zero-order valence-corrected chi connectivity index (χ0v) is 18.5. The quantitative estimate of drug-likeness (QED) is 0.382. The van der Waals surface area contributed by atoms with Crippen molar-refractivity contribution in [3.63, 3.8) is 0 Å². The van der Waals surface area contributed by atoms with Crippen molar-refractivity contribution in [1.82, 2.24) is 14.8 Å². The van der Waals surface area contributed by atoms with Gasteiger partial charge in [-0.05, 0) is 44.5 Å². The minimum absolute atomic E-state index is 0.105. The summed E-state index contributed by atoms with van der Waals surface area (Å²) < 4.78 is 7.45. The molecule has 1 N–H and O–H groups in total. The van der Waals surface area contributed by atoms with E-state index >= 15 is 0 Å². The van der Waals surface area contributed by atoms with Crippen LogP contribution in [0.5, 0.6) is 0 Å². The molecule has 4 rings (SSSR count). The number of hydrogen-bond acceptors (Lipinski definition) is 5. The van der Waals surface area contributed by atoms with Gasteiger partial charge >= 0.3 is 0 Å². The number of carbonyl (C=O) groups is 1. The summed E-state index contributed by atoms with van der Waals surface area (Å²) in [6.45, 7) is 6.64.